The second-order valence-electron chi connectivity index (χ2n) is 6.65. The molecule has 0 unspecified atom stereocenters. The first-order chi connectivity index (χ1) is 11.1. The molecule has 1 saturated heterocycles. The summed E-state index contributed by atoms with van der Waals surface area (Å²) in [5, 5.41) is 2.64. The summed E-state index contributed by atoms with van der Waals surface area (Å²) in [4.78, 5) is 24.5. The molecule has 0 radical (unpaired) electrons. The molecule has 1 fully saturated rings. The van der Waals surface area contributed by atoms with Gasteiger partial charge in [0.15, 0.2) is 15.9 Å². The van der Waals surface area contributed by atoms with Crippen molar-refractivity contribution < 1.29 is 22.7 Å². The molecule has 1 heterocycles. The second kappa shape index (κ2) is 6.93. The average Bonchev–Trinajstić information content (AvgIpc) is 2.86. The second-order valence-corrected chi connectivity index (χ2v) is 8.88. The van der Waals surface area contributed by atoms with Crippen LogP contribution >= 0.6 is 0 Å². The number of carbonyl (C=O) groups excluding carboxylic acids is 2. The number of carbonyl (C=O) groups is 2. The summed E-state index contributed by atoms with van der Waals surface area (Å²) in [6.07, 6.45) is -0.589. The van der Waals surface area contributed by atoms with Crippen LogP contribution in [0.1, 0.15) is 32.8 Å². The molecule has 1 aliphatic heterocycles. The Labute approximate surface area is 142 Å². The van der Waals surface area contributed by atoms with Crippen molar-refractivity contribution >= 4 is 21.7 Å². The van der Waals surface area contributed by atoms with Gasteiger partial charge in [0.1, 0.15) is 0 Å². The van der Waals surface area contributed by atoms with Gasteiger partial charge in [-0.05, 0) is 32.8 Å². The molecular weight excluding hydrogens is 330 g/mol. The quantitative estimate of drug-likeness (QED) is 0.804. The van der Waals surface area contributed by atoms with E-state index in [1.54, 1.807) is 13.8 Å². The van der Waals surface area contributed by atoms with Crippen molar-refractivity contribution in [3.8, 4) is 0 Å². The van der Waals surface area contributed by atoms with Crippen LogP contribution in [-0.4, -0.2) is 43.9 Å². The van der Waals surface area contributed by atoms with E-state index in [2.05, 4.69) is 5.32 Å². The van der Waals surface area contributed by atoms with E-state index in [4.69, 9.17) is 4.74 Å². The smallest absolute Gasteiger partial charge is 0.316 e. The lowest BCUT2D eigenvalue weighted by atomic mass is 9.85. The molecule has 1 aromatic carbocycles. The van der Waals surface area contributed by atoms with Crippen LogP contribution < -0.4 is 5.32 Å². The van der Waals surface area contributed by atoms with Crippen LogP contribution in [0.25, 0.3) is 0 Å². The van der Waals surface area contributed by atoms with Gasteiger partial charge in [0.05, 0.1) is 16.9 Å². The monoisotopic (exact) mass is 353 g/mol. The first-order valence-electron chi connectivity index (χ1n) is 7.89. The number of hydrogen-bond acceptors (Lipinski definition) is 5. The van der Waals surface area contributed by atoms with Crippen molar-refractivity contribution in [2.75, 3.05) is 11.5 Å². The summed E-state index contributed by atoms with van der Waals surface area (Å²) in [6, 6.07) is 8.77. The maximum Gasteiger partial charge on any atom is 0.316 e. The van der Waals surface area contributed by atoms with Crippen LogP contribution in [-0.2, 0) is 29.6 Å². The summed E-state index contributed by atoms with van der Waals surface area (Å²) in [5.41, 5.74) is -0.0866. The van der Waals surface area contributed by atoms with Gasteiger partial charge in [-0.2, -0.15) is 0 Å². The van der Waals surface area contributed by atoms with E-state index >= 15 is 0 Å². The van der Waals surface area contributed by atoms with Crippen molar-refractivity contribution in [3.05, 3.63) is 35.9 Å². The Morgan fingerprint density at radius 1 is 1.25 bits per heavy atom. The zero-order chi connectivity index (χ0) is 18.0. The normalized spacial score (nSPS) is 21.0. The van der Waals surface area contributed by atoms with Crippen LogP contribution in [0.3, 0.4) is 0 Å². The SMILES string of the molecule is C[C@@H](OC(=O)C(C)(C)c1ccccc1)C(=O)N[C@@H]1CCS(=O)(=O)C1. The maximum absolute atomic E-state index is 12.4. The molecule has 6 nitrogen and oxygen atoms in total. The highest BCUT2D eigenvalue weighted by atomic mass is 32.2. The Balaban J connectivity index is 1.95. The van der Waals surface area contributed by atoms with Crippen molar-refractivity contribution in [3.63, 3.8) is 0 Å². The predicted octanol–water partition coefficient (Wildman–Crippen LogP) is 1.20. The number of ether oxygens (including phenoxy) is 1. The minimum atomic E-state index is -3.07. The average molecular weight is 353 g/mol. The Bertz CT molecular complexity index is 712. The van der Waals surface area contributed by atoms with Gasteiger partial charge in [-0.1, -0.05) is 30.3 Å². The summed E-state index contributed by atoms with van der Waals surface area (Å²) in [5.74, 6) is -0.966. The topological polar surface area (TPSA) is 89.5 Å². The zero-order valence-electron chi connectivity index (χ0n) is 14.1. The molecule has 7 heteroatoms. The van der Waals surface area contributed by atoms with Gasteiger partial charge in [-0.15, -0.1) is 0 Å². The standard InChI is InChI=1S/C17H23NO5S/c1-12(15(19)18-14-9-10-24(21,22)11-14)23-16(20)17(2,3)13-7-5-4-6-8-13/h4-8,12,14H,9-11H2,1-3H3,(H,18,19)/t12-,14-/m1/s1. The fraction of sp³-hybridized carbons (Fsp3) is 0.529. The highest BCUT2D eigenvalue weighted by Crippen LogP contribution is 2.25. The lowest BCUT2D eigenvalue weighted by molar-refractivity contribution is -0.159. The molecule has 0 aromatic heterocycles. The Morgan fingerprint density at radius 3 is 2.42 bits per heavy atom. The molecule has 2 rings (SSSR count). The van der Waals surface area contributed by atoms with Crippen molar-refractivity contribution in [1.29, 1.82) is 0 Å². The van der Waals surface area contributed by atoms with Gasteiger partial charge in [-0.25, -0.2) is 8.42 Å². The first kappa shape index (κ1) is 18.4. The molecule has 0 saturated carbocycles. The molecule has 24 heavy (non-hydrogen) atoms. The Kier molecular flexibility index (Phi) is 5.32. The highest BCUT2D eigenvalue weighted by Gasteiger charge is 2.35. The van der Waals surface area contributed by atoms with Crippen molar-refractivity contribution in [1.82, 2.24) is 5.32 Å². The maximum atomic E-state index is 12.4. The Morgan fingerprint density at radius 2 is 1.88 bits per heavy atom. The minimum Gasteiger partial charge on any atom is -0.452 e. The minimum absolute atomic E-state index is 0.0606. The molecule has 1 N–H and O–H groups in total. The molecule has 0 spiro atoms. The third-order valence-corrected chi connectivity index (χ3v) is 6.01. The van der Waals surface area contributed by atoms with Crippen LogP contribution in [0.15, 0.2) is 30.3 Å². The molecule has 2 atom stereocenters. The largest absolute Gasteiger partial charge is 0.452 e. The summed E-state index contributed by atoms with van der Waals surface area (Å²) in [7, 11) is -3.07. The molecule has 1 aliphatic rings. The number of benzene rings is 1. The fourth-order valence-electron chi connectivity index (χ4n) is 2.56. The fourth-order valence-corrected chi connectivity index (χ4v) is 4.23. The third-order valence-electron chi connectivity index (χ3n) is 4.24. The lowest BCUT2D eigenvalue weighted by Crippen LogP contribution is -2.44. The molecule has 0 bridgehead atoms. The van der Waals surface area contributed by atoms with Crippen molar-refractivity contribution in [2.45, 2.75) is 44.8 Å². The van der Waals surface area contributed by atoms with E-state index < -0.39 is 39.3 Å². The number of hydrogen-bond donors (Lipinski definition) is 1. The summed E-state index contributed by atoms with van der Waals surface area (Å²) >= 11 is 0. The van der Waals surface area contributed by atoms with Crippen LogP contribution in [0, 0.1) is 0 Å². The molecule has 0 aliphatic carbocycles. The number of esters is 1. The van der Waals surface area contributed by atoms with Gasteiger partial charge in [0.25, 0.3) is 5.91 Å². The van der Waals surface area contributed by atoms with E-state index in [1.165, 1.54) is 6.92 Å². The molecule has 1 amide bonds. The number of nitrogens with one attached hydrogen (secondary N) is 1. The third kappa shape index (κ3) is 4.35. The van der Waals surface area contributed by atoms with Gasteiger partial charge < -0.3 is 10.1 Å². The number of sulfone groups is 1. The van der Waals surface area contributed by atoms with E-state index in [0.717, 1.165) is 5.56 Å². The van der Waals surface area contributed by atoms with E-state index in [1.807, 2.05) is 30.3 Å². The lowest BCUT2D eigenvalue weighted by Gasteiger charge is -2.25. The van der Waals surface area contributed by atoms with E-state index in [0.29, 0.717) is 6.42 Å². The van der Waals surface area contributed by atoms with Crippen LogP contribution in [0.2, 0.25) is 0 Å². The van der Waals surface area contributed by atoms with E-state index in [9.17, 15) is 18.0 Å². The summed E-state index contributed by atoms with van der Waals surface area (Å²) in [6.45, 7) is 4.95. The van der Waals surface area contributed by atoms with Crippen molar-refractivity contribution in [2.24, 2.45) is 0 Å². The summed E-state index contributed by atoms with van der Waals surface area (Å²) < 4.78 is 28.1. The van der Waals surface area contributed by atoms with Gasteiger partial charge >= 0.3 is 5.97 Å². The number of rotatable bonds is 5. The first-order valence-corrected chi connectivity index (χ1v) is 9.71. The van der Waals surface area contributed by atoms with Crippen LogP contribution in [0.4, 0.5) is 0 Å². The highest BCUT2D eigenvalue weighted by molar-refractivity contribution is 7.91. The predicted molar refractivity (Wildman–Crippen MR) is 90.2 cm³/mol. The van der Waals surface area contributed by atoms with Gasteiger partial charge in [0, 0.05) is 6.04 Å². The molecular formula is C17H23NO5S. The van der Waals surface area contributed by atoms with E-state index in [-0.39, 0.29) is 11.5 Å². The van der Waals surface area contributed by atoms with Gasteiger partial charge in [0.2, 0.25) is 0 Å². The van der Waals surface area contributed by atoms with Crippen LogP contribution in [0.5, 0.6) is 0 Å². The Hall–Kier alpha value is -1.89. The zero-order valence-corrected chi connectivity index (χ0v) is 14.9. The number of amides is 1. The molecule has 132 valence electrons. The molecule has 1 aromatic rings. The van der Waals surface area contributed by atoms with Gasteiger partial charge in [-0.3, -0.25) is 9.59 Å².